The topological polar surface area (TPSA) is 108 Å². The molecule has 1 aliphatic carbocycles. The van der Waals surface area contributed by atoms with Crippen LogP contribution >= 0.6 is 0 Å². The molecule has 2 rings (SSSR count). The third kappa shape index (κ3) is 4.64. The van der Waals surface area contributed by atoms with Crippen LogP contribution in [0.1, 0.15) is 26.2 Å². The first-order valence-electron chi connectivity index (χ1n) is 8.21. The molecule has 1 amide bonds. The van der Waals surface area contributed by atoms with Gasteiger partial charge in [0.1, 0.15) is 0 Å². The van der Waals surface area contributed by atoms with E-state index >= 15 is 0 Å². The highest BCUT2D eigenvalue weighted by atomic mass is 32.2. The van der Waals surface area contributed by atoms with Gasteiger partial charge in [0.15, 0.2) is 21.3 Å². The fourth-order valence-corrected chi connectivity index (χ4v) is 4.03. The van der Waals surface area contributed by atoms with E-state index in [4.69, 9.17) is 15.2 Å². The van der Waals surface area contributed by atoms with E-state index < -0.39 is 15.4 Å². The summed E-state index contributed by atoms with van der Waals surface area (Å²) in [6.45, 7) is 2.25. The van der Waals surface area contributed by atoms with Crippen molar-refractivity contribution >= 4 is 15.7 Å². The van der Waals surface area contributed by atoms with Crippen molar-refractivity contribution in [3.05, 3.63) is 18.2 Å². The highest BCUT2D eigenvalue weighted by Gasteiger charge is 2.41. The van der Waals surface area contributed by atoms with Gasteiger partial charge < -0.3 is 20.5 Å². The van der Waals surface area contributed by atoms with Crippen LogP contribution in [0.5, 0.6) is 11.5 Å². The summed E-state index contributed by atoms with van der Waals surface area (Å²) < 4.78 is 35.2. The Balaban J connectivity index is 2.02. The van der Waals surface area contributed by atoms with Gasteiger partial charge in [0, 0.05) is 19.0 Å². The monoisotopic (exact) mass is 370 g/mol. The van der Waals surface area contributed by atoms with Crippen LogP contribution in [0.15, 0.2) is 23.1 Å². The summed E-state index contributed by atoms with van der Waals surface area (Å²) in [5.74, 6) is 0.576. The number of sulfone groups is 1. The number of nitrogens with two attached hydrogens (primary N) is 1. The molecule has 25 heavy (non-hydrogen) atoms. The lowest BCUT2D eigenvalue weighted by atomic mass is 9.96. The predicted molar refractivity (Wildman–Crippen MR) is 94.5 cm³/mol. The minimum absolute atomic E-state index is 0.0988. The van der Waals surface area contributed by atoms with Gasteiger partial charge in [-0.25, -0.2) is 8.42 Å². The second-order valence-corrected chi connectivity index (χ2v) is 8.64. The summed E-state index contributed by atoms with van der Waals surface area (Å²) in [6, 6.07) is 4.38. The molecule has 140 valence electrons. The number of hydrogen-bond acceptors (Lipinski definition) is 6. The second-order valence-electron chi connectivity index (χ2n) is 6.53. The van der Waals surface area contributed by atoms with E-state index in [0.717, 1.165) is 12.8 Å². The Kier molecular flexibility index (Phi) is 5.95. The number of benzene rings is 1. The molecule has 1 fully saturated rings. The third-order valence-electron chi connectivity index (χ3n) is 4.64. The molecule has 7 nitrogen and oxygen atoms in total. The first-order chi connectivity index (χ1) is 11.8. The van der Waals surface area contributed by atoms with Crippen molar-refractivity contribution in [1.29, 1.82) is 0 Å². The van der Waals surface area contributed by atoms with Crippen molar-refractivity contribution in [3.8, 4) is 11.5 Å². The Morgan fingerprint density at radius 3 is 2.44 bits per heavy atom. The number of rotatable bonds is 9. The summed E-state index contributed by atoms with van der Waals surface area (Å²) in [5, 5.41) is 2.90. The van der Waals surface area contributed by atoms with Crippen LogP contribution in [0.2, 0.25) is 0 Å². The van der Waals surface area contributed by atoms with Gasteiger partial charge in [0.2, 0.25) is 5.91 Å². The predicted octanol–water partition coefficient (Wildman–Crippen LogP) is 1.11. The summed E-state index contributed by atoms with van der Waals surface area (Å²) >= 11 is 0. The van der Waals surface area contributed by atoms with E-state index in [0.29, 0.717) is 24.0 Å². The summed E-state index contributed by atoms with van der Waals surface area (Å²) in [4.78, 5) is 12.3. The Morgan fingerprint density at radius 1 is 1.28 bits per heavy atom. The molecular formula is C17H26N2O5S. The van der Waals surface area contributed by atoms with Gasteiger partial charge in [-0.1, -0.05) is 0 Å². The number of methoxy groups -OCH3 is 2. The maximum atomic E-state index is 12.5. The molecule has 1 aromatic carbocycles. The van der Waals surface area contributed by atoms with Crippen molar-refractivity contribution in [2.24, 2.45) is 11.7 Å². The van der Waals surface area contributed by atoms with Crippen molar-refractivity contribution < 1.29 is 22.7 Å². The highest BCUT2D eigenvalue weighted by molar-refractivity contribution is 7.91. The molecule has 8 heteroatoms. The van der Waals surface area contributed by atoms with Crippen molar-refractivity contribution in [2.75, 3.05) is 26.5 Å². The zero-order valence-electron chi connectivity index (χ0n) is 14.9. The number of carbonyl (C=O) groups excluding carboxylic acids is 1. The lowest BCUT2D eigenvalue weighted by Crippen LogP contribution is -2.53. The van der Waals surface area contributed by atoms with Crippen molar-refractivity contribution in [3.63, 3.8) is 0 Å². The molecule has 0 bridgehead atoms. The van der Waals surface area contributed by atoms with Crippen LogP contribution in [-0.2, 0) is 14.6 Å². The van der Waals surface area contributed by atoms with Crippen LogP contribution in [-0.4, -0.2) is 46.4 Å². The molecule has 0 saturated heterocycles. The standard InChI is InChI=1S/C17H26N2O5S/c1-17(11-18,12-4-5-12)19-16(20)8-9-25(21,22)13-6-7-14(23-2)15(10-13)24-3/h6-7,10,12H,4-5,8-9,11,18H2,1-3H3,(H,19,20). The van der Waals surface area contributed by atoms with Crippen LogP contribution < -0.4 is 20.5 Å². The number of amides is 1. The Bertz CT molecular complexity index is 731. The smallest absolute Gasteiger partial charge is 0.221 e. The van der Waals surface area contributed by atoms with Gasteiger partial charge >= 0.3 is 0 Å². The van der Waals surface area contributed by atoms with Gasteiger partial charge in [-0.3, -0.25) is 4.79 Å². The average Bonchev–Trinajstić information content (AvgIpc) is 3.44. The van der Waals surface area contributed by atoms with Crippen LogP contribution in [0.4, 0.5) is 0 Å². The van der Waals surface area contributed by atoms with E-state index in [-0.39, 0.29) is 23.0 Å². The molecule has 1 aliphatic rings. The van der Waals surface area contributed by atoms with E-state index in [1.165, 1.54) is 32.4 Å². The number of ether oxygens (including phenoxy) is 2. The van der Waals surface area contributed by atoms with Gasteiger partial charge in [-0.05, 0) is 37.8 Å². The normalized spacial score (nSPS) is 16.8. The molecule has 1 aromatic rings. The molecule has 0 aliphatic heterocycles. The van der Waals surface area contributed by atoms with Crippen LogP contribution in [0.25, 0.3) is 0 Å². The van der Waals surface area contributed by atoms with Crippen molar-refractivity contribution in [1.82, 2.24) is 5.32 Å². The lowest BCUT2D eigenvalue weighted by Gasteiger charge is -2.29. The van der Waals surface area contributed by atoms with Gasteiger partial charge in [-0.15, -0.1) is 0 Å². The maximum Gasteiger partial charge on any atom is 0.221 e. The SMILES string of the molecule is COc1ccc(S(=O)(=O)CCC(=O)NC(C)(CN)C2CC2)cc1OC. The number of hydrogen-bond donors (Lipinski definition) is 2. The highest BCUT2D eigenvalue weighted by Crippen LogP contribution is 2.39. The zero-order valence-corrected chi connectivity index (χ0v) is 15.7. The van der Waals surface area contributed by atoms with Gasteiger partial charge in [-0.2, -0.15) is 0 Å². The third-order valence-corrected chi connectivity index (χ3v) is 6.35. The quantitative estimate of drug-likeness (QED) is 0.674. The molecule has 3 N–H and O–H groups in total. The molecule has 1 saturated carbocycles. The second kappa shape index (κ2) is 7.61. The first-order valence-corrected chi connectivity index (χ1v) is 9.87. The number of nitrogens with one attached hydrogen (secondary N) is 1. The van der Waals surface area contributed by atoms with Crippen LogP contribution in [0, 0.1) is 5.92 Å². The fourth-order valence-electron chi connectivity index (χ4n) is 2.78. The summed E-state index contributed by atoms with van der Waals surface area (Å²) in [5.41, 5.74) is 5.32. The maximum absolute atomic E-state index is 12.5. The minimum Gasteiger partial charge on any atom is -0.493 e. The lowest BCUT2D eigenvalue weighted by molar-refractivity contribution is -0.122. The van der Waals surface area contributed by atoms with Crippen molar-refractivity contribution in [2.45, 2.75) is 36.6 Å². The van der Waals surface area contributed by atoms with Gasteiger partial charge in [0.05, 0.1) is 30.4 Å². The largest absolute Gasteiger partial charge is 0.493 e. The van der Waals surface area contributed by atoms with Gasteiger partial charge in [0.25, 0.3) is 0 Å². The Hall–Kier alpha value is -1.80. The fraction of sp³-hybridized carbons (Fsp3) is 0.588. The van der Waals surface area contributed by atoms with E-state index in [9.17, 15) is 13.2 Å². The molecular weight excluding hydrogens is 344 g/mol. The summed E-state index contributed by atoms with van der Waals surface area (Å²) in [6.07, 6.45) is 1.97. The first kappa shape index (κ1) is 19.5. The zero-order chi connectivity index (χ0) is 18.7. The Labute approximate surface area is 148 Å². The molecule has 0 aromatic heterocycles. The molecule has 0 spiro atoms. The minimum atomic E-state index is -3.61. The average molecular weight is 370 g/mol. The number of carbonyl (C=O) groups is 1. The van der Waals surface area contributed by atoms with E-state index in [1.54, 1.807) is 0 Å². The van der Waals surface area contributed by atoms with Crippen LogP contribution in [0.3, 0.4) is 0 Å². The Morgan fingerprint density at radius 2 is 1.92 bits per heavy atom. The molecule has 0 radical (unpaired) electrons. The van der Waals surface area contributed by atoms with E-state index in [2.05, 4.69) is 5.32 Å². The van der Waals surface area contributed by atoms with E-state index in [1.807, 2.05) is 6.92 Å². The molecule has 0 heterocycles. The molecule has 1 unspecified atom stereocenters. The summed E-state index contributed by atoms with van der Waals surface area (Å²) in [7, 11) is -0.693. The molecule has 1 atom stereocenters.